The molecule has 0 bridgehead atoms. The molecule has 0 saturated heterocycles. The Bertz CT molecular complexity index is 479. The predicted octanol–water partition coefficient (Wildman–Crippen LogP) is 1.11. The fourth-order valence-electron chi connectivity index (χ4n) is 1.07. The number of anilines is 1. The van der Waals surface area contributed by atoms with Crippen LogP contribution in [0.3, 0.4) is 0 Å². The smallest absolute Gasteiger partial charge is 0.312 e. The number of halogens is 1. The van der Waals surface area contributed by atoms with Crippen molar-refractivity contribution in [3.63, 3.8) is 0 Å². The zero-order chi connectivity index (χ0) is 12.1. The fraction of sp³-hybridized carbons (Fsp3) is 0.100. The summed E-state index contributed by atoms with van der Waals surface area (Å²) >= 11 is 0. The molecule has 0 atom stereocenters. The Morgan fingerprint density at radius 3 is 2.75 bits per heavy atom. The quantitative estimate of drug-likeness (QED) is 0.749. The van der Waals surface area contributed by atoms with Crippen molar-refractivity contribution >= 4 is 17.6 Å². The number of aliphatic carboxylic acids is 1. The molecule has 1 rings (SSSR count). The van der Waals surface area contributed by atoms with E-state index < -0.39 is 24.1 Å². The molecule has 0 fully saturated rings. The average Bonchev–Trinajstić information content (AvgIpc) is 2.16. The number of carbonyl (C=O) groups excluding carboxylic acids is 1. The molecule has 0 heterocycles. The normalized spacial score (nSPS) is 9.25. The summed E-state index contributed by atoms with van der Waals surface area (Å²) in [6, 6.07) is 5.29. The third kappa shape index (κ3) is 2.78. The standard InChI is InChI=1S/C10H7FN2O3/c11-7-2-1-3-8(6(7)5-12)13-9(14)4-10(15)16/h1-3H,4H2,(H,13,14)(H,15,16). The van der Waals surface area contributed by atoms with Gasteiger partial charge in [-0.15, -0.1) is 0 Å². The zero-order valence-electron chi connectivity index (χ0n) is 8.03. The van der Waals surface area contributed by atoms with E-state index in [9.17, 15) is 14.0 Å². The second kappa shape index (κ2) is 4.89. The number of hydrogen-bond donors (Lipinski definition) is 2. The van der Waals surface area contributed by atoms with E-state index in [0.29, 0.717) is 0 Å². The molecule has 0 unspecified atom stereocenters. The number of hydrogen-bond acceptors (Lipinski definition) is 3. The van der Waals surface area contributed by atoms with Crippen molar-refractivity contribution in [1.82, 2.24) is 0 Å². The van der Waals surface area contributed by atoms with E-state index in [1.807, 2.05) is 0 Å². The second-order valence-electron chi connectivity index (χ2n) is 2.89. The molecular formula is C10H7FN2O3. The van der Waals surface area contributed by atoms with Crippen LogP contribution in [0.1, 0.15) is 12.0 Å². The lowest BCUT2D eigenvalue weighted by atomic mass is 10.2. The number of carboxylic acid groups (broad SMARTS) is 1. The summed E-state index contributed by atoms with van der Waals surface area (Å²) in [6.07, 6.45) is -0.735. The Hall–Kier alpha value is -2.42. The molecular weight excluding hydrogens is 215 g/mol. The van der Waals surface area contributed by atoms with Gasteiger partial charge in [-0.3, -0.25) is 9.59 Å². The Balaban J connectivity index is 2.90. The molecule has 0 aliphatic carbocycles. The molecule has 6 heteroatoms. The minimum Gasteiger partial charge on any atom is -0.481 e. The number of nitrogens with zero attached hydrogens (tertiary/aromatic N) is 1. The van der Waals surface area contributed by atoms with Gasteiger partial charge >= 0.3 is 5.97 Å². The van der Waals surface area contributed by atoms with Crippen molar-refractivity contribution in [3.05, 3.63) is 29.6 Å². The molecule has 1 aromatic rings. The van der Waals surface area contributed by atoms with Gasteiger partial charge < -0.3 is 10.4 Å². The third-order valence-corrected chi connectivity index (χ3v) is 1.71. The van der Waals surface area contributed by atoms with E-state index in [1.54, 1.807) is 6.07 Å². The molecule has 2 N–H and O–H groups in total. The van der Waals surface area contributed by atoms with Crippen LogP contribution in [0, 0.1) is 17.1 Å². The number of carboxylic acids is 1. The van der Waals surface area contributed by atoms with Crippen molar-refractivity contribution in [2.75, 3.05) is 5.32 Å². The van der Waals surface area contributed by atoms with Crippen molar-refractivity contribution in [3.8, 4) is 6.07 Å². The van der Waals surface area contributed by atoms with Gasteiger partial charge in [0.05, 0.1) is 5.69 Å². The molecule has 0 aromatic heterocycles. The summed E-state index contributed by atoms with van der Waals surface area (Å²) in [7, 11) is 0. The first-order valence-corrected chi connectivity index (χ1v) is 4.25. The van der Waals surface area contributed by atoms with Crippen LogP contribution in [0.15, 0.2) is 18.2 Å². The van der Waals surface area contributed by atoms with Gasteiger partial charge in [0.25, 0.3) is 0 Å². The molecule has 1 aromatic carbocycles. The van der Waals surface area contributed by atoms with Gasteiger partial charge in [0.2, 0.25) is 5.91 Å². The van der Waals surface area contributed by atoms with Crippen LogP contribution in [0.4, 0.5) is 10.1 Å². The summed E-state index contributed by atoms with van der Waals surface area (Å²) < 4.78 is 13.1. The van der Waals surface area contributed by atoms with Crippen molar-refractivity contribution in [1.29, 1.82) is 5.26 Å². The maximum atomic E-state index is 13.1. The lowest BCUT2D eigenvalue weighted by Gasteiger charge is -2.05. The lowest BCUT2D eigenvalue weighted by molar-refractivity contribution is -0.139. The molecule has 0 radical (unpaired) electrons. The molecule has 5 nitrogen and oxygen atoms in total. The van der Waals surface area contributed by atoms with Crippen LogP contribution < -0.4 is 5.32 Å². The van der Waals surface area contributed by atoms with Crippen molar-refractivity contribution < 1.29 is 19.1 Å². The topological polar surface area (TPSA) is 90.2 Å². The van der Waals surface area contributed by atoms with Gasteiger partial charge in [-0.05, 0) is 12.1 Å². The van der Waals surface area contributed by atoms with E-state index in [2.05, 4.69) is 5.32 Å². The van der Waals surface area contributed by atoms with E-state index >= 15 is 0 Å². The minimum absolute atomic E-state index is 0.0336. The van der Waals surface area contributed by atoms with Crippen molar-refractivity contribution in [2.24, 2.45) is 0 Å². The molecule has 0 aliphatic heterocycles. The molecule has 16 heavy (non-hydrogen) atoms. The molecule has 1 amide bonds. The van der Waals surface area contributed by atoms with Gasteiger partial charge in [0.1, 0.15) is 23.9 Å². The number of carbonyl (C=O) groups is 2. The zero-order valence-corrected chi connectivity index (χ0v) is 8.03. The van der Waals surface area contributed by atoms with Crippen LogP contribution in [0.25, 0.3) is 0 Å². The molecule has 0 aliphatic rings. The second-order valence-corrected chi connectivity index (χ2v) is 2.89. The number of nitriles is 1. The average molecular weight is 222 g/mol. The van der Waals surface area contributed by atoms with Gasteiger partial charge in [-0.1, -0.05) is 6.07 Å². The van der Waals surface area contributed by atoms with Crippen LogP contribution in [0.2, 0.25) is 0 Å². The first kappa shape index (κ1) is 11.7. The number of amides is 1. The fourth-order valence-corrected chi connectivity index (χ4v) is 1.07. The first-order chi connectivity index (χ1) is 7.54. The summed E-state index contributed by atoms with van der Waals surface area (Å²) in [6.45, 7) is 0. The first-order valence-electron chi connectivity index (χ1n) is 4.25. The van der Waals surface area contributed by atoms with E-state index in [4.69, 9.17) is 10.4 Å². The SMILES string of the molecule is N#Cc1c(F)cccc1NC(=O)CC(=O)O. The third-order valence-electron chi connectivity index (χ3n) is 1.71. The highest BCUT2D eigenvalue weighted by Crippen LogP contribution is 2.17. The molecule has 0 spiro atoms. The highest BCUT2D eigenvalue weighted by atomic mass is 19.1. The highest BCUT2D eigenvalue weighted by molar-refractivity contribution is 6.01. The number of benzene rings is 1. The number of nitrogens with one attached hydrogen (secondary N) is 1. The largest absolute Gasteiger partial charge is 0.481 e. The van der Waals surface area contributed by atoms with Gasteiger partial charge in [-0.25, -0.2) is 4.39 Å². The van der Waals surface area contributed by atoms with E-state index in [0.717, 1.165) is 6.07 Å². The maximum absolute atomic E-state index is 13.1. The summed E-state index contributed by atoms with van der Waals surface area (Å²) in [5.41, 5.74) is -0.352. The van der Waals surface area contributed by atoms with E-state index in [1.165, 1.54) is 12.1 Å². The summed E-state index contributed by atoms with van der Waals surface area (Å²) in [4.78, 5) is 21.3. The maximum Gasteiger partial charge on any atom is 0.312 e. The Morgan fingerprint density at radius 1 is 1.50 bits per heavy atom. The lowest BCUT2D eigenvalue weighted by Crippen LogP contribution is -2.16. The predicted molar refractivity (Wildman–Crippen MR) is 52.0 cm³/mol. The monoisotopic (exact) mass is 222 g/mol. The Morgan fingerprint density at radius 2 is 2.19 bits per heavy atom. The molecule has 0 saturated carbocycles. The van der Waals surface area contributed by atoms with E-state index in [-0.39, 0.29) is 11.3 Å². The minimum atomic E-state index is -1.30. The van der Waals surface area contributed by atoms with Gasteiger partial charge in [0, 0.05) is 0 Å². The Labute approximate surface area is 90.1 Å². The summed E-state index contributed by atoms with van der Waals surface area (Å²) in [5.74, 6) is -2.88. The summed E-state index contributed by atoms with van der Waals surface area (Å²) in [5, 5.41) is 19.1. The van der Waals surface area contributed by atoms with Crippen LogP contribution in [-0.2, 0) is 9.59 Å². The van der Waals surface area contributed by atoms with Crippen molar-refractivity contribution in [2.45, 2.75) is 6.42 Å². The Kier molecular flexibility index (Phi) is 3.56. The van der Waals surface area contributed by atoms with Gasteiger partial charge in [0.15, 0.2) is 0 Å². The van der Waals surface area contributed by atoms with Crippen LogP contribution in [0.5, 0.6) is 0 Å². The highest BCUT2D eigenvalue weighted by Gasteiger charge is 2.12. The van der Waals surface area contributed by atoms with Crippen LogP contribution >= 0.6 is 0 Å². The number of rotatable bonds is 3. The molecule has 82 valence electrons. The van der Waals surface area contributed by atoms with Gasteiger partial charge in [-0.2, -0.15) is 5.26 Å². The van der Waals surface area contributed by atoms with Crippen LogP contribution in [-0.4, -0.2) is 17.0 Å².